The van der Waals surface area contributed by atoms with Gasteiger partial charge in [-0.1, -0.05) is 19.4 Å². The lowest BCUT2D eigenvalue weighted by Gasteiger charge is -2.02. The molecule has 2 heterocycles. The monoisotopic (exact) mass is 229 g/mol. The van der Waals surface area contributed by atoms with Gasteiger partial charge in [-0.25, -0.2) is 4.52 Å². The van der Waals surface area contributed by atoms with Gasteiger partial charge < -0.3 is 5.32 Å². The Hall–Kier alpha value is -1.35. The summed E-state index contributed by atoms with van der Waals surface area (Å²) in [6.45, 7) is 3.21. The van der Waals surface area contributed by atoms with Gasteiger partial charge >= 0.3 is 0 Å². The molecule has 3 rings (SSSR count). The second-order valence-electron chi connectivity index (χ2n) is 4.97. The Bertz CT molecular complexity index is 503. The van der Waals surface area contributed by atoms with E-state index in [4.69, 9.17) is 0 Å². The molecule has 3 nitrogen and oxygen atoms in total. The number of aromatic nitrogens is 2. The van der Waals surface area contributed by atoms with Gasteiger partial charge in [0.25, 0.3) is 0 Å². The standard InChI is InChI=1S/C14H19N3/c1-2-5-11-8-13(11)15-9-12-10-16-17-7-4-3-6-14(12)17/h3-4,6-7,10-11,13,15H,2,5,8-9H2,1H3. The summed E-state index contributed by atoms with van der Waals surface area (Å²) in [4.78, 5) is 0. The molecule has 1 N–H and O–H groups in total. The van der Waals surface area contributed by atoms with Gasteiger partial charge in [0.1, 0.15) is 0 Å². The van der Waals surface area contributed by atoms with Crippen molar-refractivity contribution in [2.45, 2.75) is 38.8 Å². The fourth-order valence-corrected chi connectivity index (χ4v) is 2.55. The molecule has 1 fully saturated rings. The highest BCUT2D eigenvalue weighted by molar-refractivity contribution is 5.53. The molecule has 2 unspecified atom stereocenters. The largest absolute Gasteiger partial charge is 0.309 e. The number of rotatable bonds is 5. The highest BCUT2D eigenvalue weighted by Crippen LogP contribution is 2.34. The van der Waals surface area contributed by atoms with Gasteiger partial charge in [-0.05, 0) is 30.9 Å². The molecule has 0 aromatic carbocycles. The maximum absolute atomic E-state index is 4.35. The highest BCUT2D eigenvalue weighted by atomic mass is 15.2. The zero-order valence-electron chi connectivity index (χ0n) is 10.3. The molecular formula is C14H19N3. The molecule has 1 saturated carbocycles. The number of pyridine rings is 1. The average molecular weight is 229 g/mol. The molecule has 1 aliphatic carbocycles. The number of nitrogens with zero attached hydrogens (tertiary/aromatic N) is 2. The van der Waals surface area contributed by atoms with Crippen molar-refractivity contribution < 1.29 is 0 Å². The smallest absolute Gasteiger partial charge is 0.0706 e. The molecule has 0 aliphatic heterocycles. The summed E-state index contributed by atoms with van der Waals surface area (Å²) >= 11 is 0. The summed E-state index contributed by atoms with van der Waals surface area (Å²) in [5, 5.41) is 7.98. The van der Waals surface area contributed by atoms with E-state index in [-0.39, 0.29) is 0 Å². The van der Waals surface area contributed by atoms with Crippen LogP contribution in [0, 0.1) is 5.92 Å². The van der Waals surface area contributed by atoms with Crippen molar-refractivity contribution in [3.63, 3.8) is 0 Å². The van der Waals surface area contributed by atoms with E-state index in [9.17, 15) is 0 Å². The summed E-state index contributed by atoms with van der Waals surface area (Å²) in [5.41, 5.74) is 2.51. The molecule has 0 radical (unpaired) electrons. The van der Waals surface area contributed by atoms with Gasteiger partial charge in [-0.2, -0.15) is 5.10 Å². The molecule has 17 heavy (non-hydrogen) atoms. The zero-order valence-corrected chi connectivity index (χ0v) is 10.3. The lowest BCUT2D eigenvalue weighted by atomic mass is 10.2. The van der Waals surface area contributed by atoms with E-state index in [1.54, 1.807) is 0 Å². The van der Waals surface area contributed by atoms with Crippen molar-refractivity contribution in [3.05, 3.63) is 36.2 Å². The minimum absolute atomic E-state index is 0.744. The summed E-state index contributed by atoms with van der Waals surface area (Å²) < 4.78 is 1.94. The number of nitrogens with one attached hydrogen (secondary N) is 1. The summed E-state index contributed by atoms with van der Waals surface area (Å²) in [6.07, 6.45) is 7.99. The predicted molar refractivity (Wildman–Crippen MR) is 68.8 cm³/mol. The molecule has 3 heteroatoms. The van der Waals surface area contributed by atoms with Crippen molar-refractivity contribution in [2.75, 3.05) is 0 Å². The minimum atomic E-state index is 0.744. The second-order valence-corrected chi connectivity index (χ2v) is 4.97. The number of fused-ring (bicyclic) bond motifs is 1. The van der Waals surface area contributed by atoms with Crippen LogP contribution < -0.4 is 5.32 Å². The third-order valence-corrected chi connectivity index (χ3v) is 3.64. The Labute approximate surface area is 102 Å². The summed E-state index contributed by atoms with van der Waals surface area (Å²) in [7, 11) is 0. The quantitative estimate of drug-likeness (QED) is 0.854. The normalized spacial score (nSPS) is 23.1. The first-order valence-electron chi connectivity index (χ1n) is 6.53. The predicted octanol–water partition coefficient (Wildman–Crippen LogP) is 2.61. The molecule has 0 spiro atoms. The second kappa shape index (κ2) is 4.49. The van der Waals surface area contributed by atoms with Crippen LogP contribution in [0.1, 0.15) is 31.7 Å². The molecular weight excluding hydrogens is 210 g/mol. The SMILES string of the molecule is CCCC1CC1NCc1cnn2ccccc12. The molecule has 2 aromatic heterocycles. The number of hydrogen-bond donors (Lipinski definition) is 1. The van der Waals surface area contributed by atoms with E-state index in [0.29, 0.717) is 0 Å². The maximum atomic E-state index is 4.35. The van der Waals surface area contributed by atoms with Crippen LogP contribution in [0.15, 0.2) is 30.6 Å². The first-order valence-corrected chi connectivity index (χ1v) is 6.53. The highest BCUT2D eigenvalue weighted by Gasteiger charge is 2.35. The van der Waals surface area contributed by atoms with Crippen molar-refractivity contribution in [2.24, 2.45) is 5.92 Å². The van der Waals surface area contributed by atoms with Crippen LogP contribution in [0.2, 0.25) is 0 Å². The van der Waals surface area contributed by atoms with Crippen LogP contribution in [0.25, 0.3) is 5.52 Å². The molecule has 1 aliphatic rings. The first kappa shape index (κ1) is 10.8. The van der Waals surface area contributed by atoms with Crippen molar-refractivity contribution in [1.82, 2.24) is 14.9 Å². The summed E-state index contributed by atoms with van der Waals surface area (Å²) in [5.74, 6) is 0.918. The van der Waals surface area contributed by atoms with Crippen molar-refractivity contribution in [1.29, 1.82) is 0 Å². The maximum Gasteiger partial charge on any atom is 0.0706 e. The fourth-order valence-electron chi connectivity index (χ4n) is 2.55. The third-order valence-electron chi connectivity index (χ3n) is 3.64. The molecule has 0 bridgehead atoms. The van der Waals surface area contributed by atoms with Crippen molar-refractivity contribution in [3.8, 4) is 0 Å². The van der Waals surface area contributed by atoms with Gasteiger partial charge in [0.2, 0.25) is 0 Å². The first-order chi connectivity index (χ1) is 8.38. The molecule has 2 atom stereocenters. The van der Waals surface area contributed by atoms with E-state index in [1.807, 2.05) is 23.0 Å². The average Bonchev–Trinajstić information content (AvgIpc) is 2.97. The van der Waals surface area contributed by atoms with E-state index < -0.39 is 0 Å². The van der Waals surface area contributed by atoms with Crippen LogP contribution in [0.5, 0.6) is 0 Å². The fraction of sp³-hybridized carbons (Fsp3) is 0.500. The van der Waals surface area contributed by atoms with E-state index >= 15 is 0 Å². The third kappa shape index (κ3) is 2.20. The van der Waals surface area contributed by atoms with Gasteiger partial charge in [0, 0.05) is 24.3 Å². The van der Waals surface area contributed by atoms with Crippen LogP contribution >= 0.6 is 0 Å². The van der Waals surface area contributed by atoms with Crippen molar-refractivity contribution >= 4 is 5.52 Å². The van der Waals surface area contributed by atoms with Crippen LogP contribution in [0.4, 0.5) is 0 Å². The van der Waals surface area contributed by atoms with E-state index in [2.05, 4.69) is 29.5 Å². The molecule has 90 valence electrons. The van der Waals surface area contributed by atoms with Crippen LogP contribution in [-0.4, -0.2) is 15.7 Å². The van der Waals surface area contributed by atoms with Crippen LogP contribution in [0.3, 0.4) is 0 Å². The Morgan fingerprint density at radius 3 is 3.29 bits per heavy atom. The van der Waals surface area contributed by atoms with E-state index in [0.717, 1.165) is 18.5 Å². The van der Waals surface area contributed by atoms with Crippen LogP contribution in [-0.2, 0) is 6.54 Å². The molecule has 0 amide bonds. The lowest BCUT2D eigenvalue weighted by molar-refractivity contribution is 0.600. The molecule has 0 saturated heterocycles. The van der Waals surface area contributed by atoms with E-state index in [1.165, 1.54) is 30.3 Å². The Balaban J connectivity index is 1.62. The van der Waals surface area contributed by atoms with Gasteiger partial charge in [-0.3, -0.25) is 0 Å². The Morgan fingerprint density at radius 2 is 2.41 bits per heavy atom. The Morgan fingerprint density at radius 1 is 1.47 bits per heavy atom. The van der Waals surface area contributed by atoms with Gasteiger partial charge in [0.15, 0.2) is 0 Å². The minimum Gasteiger partial charge on any atom is -0.309 e. The topological polar surface area (TPSA) is 29.3 Å². The molecule has 2 aromatic rings. The summed E-state index contributed by atoms with van der Waals surface area (Å²) in [6, 6.07) is 6.95. The van der Waals surface area contributed by atoms with Gasteiger partial charge in [-0.15, -0.1) is 0 Å². The zero-order chi connectivity index (χ0) is 11.7. The van der Waals surface area contributed by atoms with Gasteiger partial charge in [0.05, 0.1) is 11.7 Å². The number of hydrogen-bond acceptors (Lipinski definition) is 2. The Kier molecular flexibility index (Phi) is 2.85. The lowest BCUT2D eigenvalue weighted by Crippen LogP contribution is -2.17.